The van der Waals surface area contributed by atoms with Gasteiger partial charge in [0.1, 0.15) is 0 Å². The molecule has 1 aromatic rings. The predicted molar refractivity (Wildman–Crippen MR) is 198 cm³/mol. The van der Waals surface area contributed by atoms with Crippen LogP contribution in [0, 0.1) is 18.0 Å². The summed E-state index contributed by atoms with van der Waals surface area (Å²) < 4.78 is 0. The van der Waals surface area contributed by atoms with Gasteiger partial charge in [-0.05, 0) is 30.7 Å². The van der Waals surface area contributed by atoms with Gasteiger partial charge < -0.3 is 0 Å². The maximum absolute atomic E-state index is 4.76. The fraction of sp³-hybridized carbons (Fsp3) is 0.786. The van der Waals surface area contributed by atoms with E-state index in [-0.39, 0.29) is 0 Å². The third kappa shape index (κ3) is 20.5. The summed E-state index contributed by atoms with van der Waals surface area (Å²) in [5.41, 5.74) is 1.48. The number of nitrogens with zero attached hydrogens (tertiary/aromatic N) is 2. The first kappa shape index (κ1) is 38.6. The SMILES string of the molecule is CCCCCCCCCCCCCCCCCCC([C+]1N=CC=N1)C(CCCCCCCCCCCC)Cc1ccccc1. The summed E-state index contributed by atoms with van der Waals surface area (Å²) >= 11 is 0. The Balaban J connectivity index is 1.65. The minimum absolute atomic E-state index is 0.496. The van der Waals surface area contributed by atoms with Crippen LogP contribution >= 0.6 is 0 Å². The third-order valence-electron chi connectivity index (χ3n) is 10.0. The van der Waals surface area contributed by atoms with Crippen molar-refractivity contribution in [3.63, 3.8) is 0 Å². The summed E-state index contributed by atoms with van der Waals surface area (Å²) in [5.74, 6) is 1.14. The zero-order valence-electron chi connectivity index (χ0n) is 29.6. The van der Waals surface area contributed by atoms with E-state index in [1.165, 1.54) is 185 Å². The Morgan fingerprint density at radius 2 is 0.818 bits per heavy atom. The molecule has 44 heavy (non-hydrogen) atoms. The predicted octanol–water partition coefficient (Wildman–Crippen LogP) is 14.1. The molecule has 2 atom stereocenters. The molecule has 2 nitrogen and oxygen atoms in total. The van der Waals surface area contributed by atoms with Crippen LogP contribution in [0.2, 0.25) is 0 Å². The summed E-state index contributed by atoms with van der Waals surface area (Å²) in [6, 6.07) is 11.2. The Morgan fingerprint density at radius 1 is 0.455 bits per heavy atom. The molecule has 0 amide bonds. The van der Waals surface area contributed by atoms with Gasteiger partial charge in [-0.25, -0.2) is 0 Å². The molecule has 1 aliphatic rings. The quantitative estimate of drug-likeness (QED) is 0.0576. The van der Waals surface area contributed by atoms with Crippen molar-refractivity contribution >= 4 is 12.4 Å². The lowest BCUT2D eigenvalue weighted by atomic mass is 9.78. The zero-order chi connectivity index (χ0) is 31.2. The Kier molecular flexibility index (Phi) is 25.3. The summed E-state index contributed by atoms with van der Waals surface area (Å²) in [7, 11) is 0. The van der Waals surface area contributed by atoms with Gasteiger partial charge >= 0.3 is 0 Å². The molecule has 0 bridgehead atoms. The van der Waals surface area contributed by atoms with Crippen molar-refractivity contribution in [2.24, 2.45) is 21.8 Å². The molecule has 250 valence electrons. The van der Waals surface area contributed by atoms with Crippen LogP contribution in [0.3, 0.4) is 0 Å². The third-order valence-corrected chi connectivity index (χ3v) is 10.0. The van der Waals surface area contributed by atoms with Crippen molar-refractivity contribution < 1.29 is 0 Å². The van der Waals surface area contributed by atoms with E-state index in [4.69, 9.17) is 9.98 Å². The van der Waals surface area contributed by atoms with Gasteiger partial charge in [0.2, 0.25) is 6.17 Å². The molecule has 2 rings (SSSR count). The van der Waals surface area contributed by atoms with Gasteiger partial charge in [0.05, 0.1) is 5.92 Å². The van der Waals surface area contributed by atoms with Crippen LogP contribution in [-0.2, 0) is 6.42 Å². The summed E-state index contributed by atoms with van der Waals surface area (Å²) in [6.45, 7) is 4.61. The lowest BCUT2D eigenvalue weighted by Gasteiger charge is -2.26. The molecule has 0 saturated heterocycles. The van der Waals surface area contributed by atoms with Gasteiger partial charge in [-0.2, -0.15) is 0 Å². The molecule has 0 N–H and O–H groups in total. The standard InChI is InChI=1S/C42H73N2/c1-3-5-7-9-11-13-15-16-17-18-19-20-22-24-26-31-35-41(42-43-36-37-44-42)40(38-39-32-28-27-29-33-39)34-30-25-23-21-14-12-10-8-6-4-2/h27-29,32-33,36-37,40-41H,3-26,30-31,34-35,38H2,1-2H3/q+1. The van der Waals surface area contributed by atoms with Gasteiger partial charge in [0.25, 0.3) is 0 Å². The number of hydrogen-bond donors (Lipinski definition) is 0. The van der Waals surface area contributed by atoms with Crippen molar-refractivity contribution in [3.05, 3.63) is 42.1 Å². The van der Waals surface area contributed by atoms with E-state index in [9.17, 15) is 0 Å². The highest BCUT2D eigenvalue weighted by atomic mass is 15.0. The highest BCUT2D eigenvalue weighted by Crippen LogP contribution is 2.37. The zero-order valence-corrected chi connectivity index (χ0v) is 29.6. The van der Waals surface area contributed by atoms with Crippen molar-refractivity contribution in [1.82, 2.24) is 0 Å². The average Bonchev–Trinajstić information content (AvgIpc) is 3.58. The molecule has 0 fully saturated rings. The Labute approximate surface area is 275 Å². The lowest BCUT2D eigenvalue weighted by Crippen LogP contribution is -2.22. The van der Waals surface area contributed by atoms with E-state index in [1.54, 1.807) is 0 Å². The van der Waals surface area contributed by atoms with E-state index >= 15 is 0 Å². The van der Waals surface area contributed by atoms with Crippen molar-refractivity contribution in [2.75, 3.05) is 0 Å². The average molecular weight is 606 g/mol. The topological polar surface area (TPSA) is 24.7 Å². The van der Waals surface area contributed by atoms with Crippen LogP contribution in [0.1, 0.15) is 199 Å². The molecule has 1 aromatic carbocycles. The van der Waals surface area contributed by atoms with Crippen LogP contribution < -0.4 is 0 Å². The highest BCUT2D eigenvalue weighted by molar-refractivity contribution is 6.18. The molecule has 0 saturated carbocycles. The maximum atomic E-state index is 4.76. The molecule has 0 spiro atoms. The van der Waals surface area contributed by atoms with Gasteiger partial charge in [0.15, 0.2) is 12.4 Å². The first-order chi connectivity index (χ1) is 21.8. The molecule has 1 heterocycles. The molecule has 1 aliphatic heterocycles. The molecule has 2 heteroatoms. The minimum atomic E-state index is 0.496. The van der Waals surface area contributed by atoms with Crippen molar-refractivity contribution in [2.45, 2.75) is 200 Å². The molecule has 2 unspecified atom stereocenters. The van der Waals surface area contributed by atoms with Crippen LogP contribution in [-0.4, -0.2) is 12.4 Å². The number of aliphatic imine (C=N–C) groups is 2. The second-order valence-corrected chi connectivity index (χ2v) is 14.0. The summed E-state index contributed by atoms with van der Waals surface area (Å²) in [4.78, 5) is 9.52. The number of rotatable bonds is 32. The number of hydrogen-bond acceptors (Lipinski definition) is 2. The van der Waals surface area contributed by atoms with Crippen molar-refractivity contribution in [3.8, 4) is 0 Å². The number of unbranched alkanes of at least 4 members (excludes halogenated alkanes) is 24. The summed E-state index contributed by atoms with van der Waals surface area (Å²) in [5, 5.41) is 0. The fourth-order valence-electron chi connectivity index (χ4n) is 7.19. The first-order valence-electron chi connectivity index (χ1n) is 19.8. The molecular formula is C42H73N2+. The Bertz CT molecular complexity index is 772. The van der Waals surface area contributed by atoms with E-state index in [0.29, 0.717) is 11.8 Å². The first-order valence-corrected chi connectivity index (χ1v) is 19.8. The monoisotopic (exact) mass is 606 g/mol. The fourth-order valence-corrected chi connectivity index (χ4v) is 7.19. The summed E-state index contributed by atoms with van der Waals surface area (Å²) in [6.07, 6.45) is 45.5. The van der Waals surface area contributed by atoms with Crippen LogP contribution in [0.4, 0.5) is 0 Å². The van der Waals surface area contributed by atoms with Gasteiger partial charge in [-0.15, -0.1) is 0 Å². The van der Waals surface area contributed by atoms with E-state index < -0.39 is 0 Å². The Morgan fingerprint density at radius 3 is 1.23 bits per heavy atom. The lowest BCUT2D eigenvalue weighted by molar-refractivity contribution is 0.284. The maximum Gasteiger partial charge on any atom is 0.244 e. The van der Waals surface area contributed by atoms with Gasteiger partial charge in [-0.1, -0.05) is 221 Å². The molecule has 0 radical (unpaired) electrons. The van der Waals surface area contributed by atoms with Gasteiger partial charge in [-0.3, -0.25) is 0 Å². The van der Waals surface area contributed by atoms with E-state index in [0.717, 1.165) is 12.6 Å². The number of benzene rings is 1. The van der Waals surface area contributed by atoms with Crippen LogP contribution in [0.15, 0.2) is 40.3 Å². The van der Waals surface area contributed by atoms with E-state index in [2.05, 4.69) is 44.2 Å². The van der Waals surface area contributed by atoms with E-state index in [1.807, 2.05) is 12.4 Å². The van der Waals surface area contributed by atoms with Gasteiger partial charge in [0, 0.05) is 0 Å². The largest absolute Gasteiger partial charge is 0.244 e. The van der Waals surface area contributed by atoms with Crippen molar-refractivity contribution in [1.29, 1.82) is 0 Å². The van der Waals surface area contributed by atoms with Crippen LogP contribution in [0.5, 0.6) is 0 Å². The highest BCUT2D eigenvalue weighted by Gasteiger charge is 2.35. The van der Waals surface area contributed by atoms with Crippen LogP contribution in [0.25, 0.3) is 0 Å². The normalized spacial score (nSPS) is 14.1. The molecular weight excluding hydrogens is 532 g/mol. The second kappa shape index (κ2) is 28.9. The Hall–Kier alpha value is -1.57. The second-order valence-electron chi connectivity index (χ2n) is 14.0. The smallest absolute Gasteiger partial charge is 0.0965 e. The molecule has 0 aromatic heterocycles. The minimum Gasteiger partial charge on any atom is -0.0965 e. The molecule has 0 aliphatic carbocycles.